The van der Waals surface area contributed by atoms with Crippen molar-refractivity contribution in [2.75, 3.05) is 26.0 Å². The molecule has 2 aliphatic rings. The Kier molecular flexibility index (Phi) is 5.49. The number of halogens is 4. The zero-order valence-electron chi connectivity index (χ0n) is 16.2. The van der Waals surface area contributed by atoms with Gasteiger partial charge in [0.1, 0.15) is 0 Å². The summed E-state index contributed by atoms with van der Waals surface area (Å²) in [6.07, 6.45) is -3.76. The van der Waals surface area contributed by atoms with Crippen LogP contribution in [0.15, 0.2) is 35.4 Å². The van der Waals surface area contributed by atoms with Crippen molar-refractivity contribution in [2.24, 2.45) is 5.10 Å². The zero-order valence-corrected chi connectivity index (χ0v) is 18.3. The minimum atomic E-state index is -4.54. The fourth-order valence-corrected chi connectivity index (χ4v) is 4.34. The number of fused-ring (bicyclic) bond motifs is 1. The van der Waals surface area contributed by atoms with Gasteiger partial charge in [-0.25, -0.2) is 0 Å². The molecule has 0 bridgehead atoms. The van der Waals surface area contributed by atoms with Crippen molar-refractivity contribution >= 4 is 40.0 Å². The summed E-state index contributed by atoms with van der Waals surface area (Å²) in [5.74, 6) is -0.309. The van der Waals surface area contributed by atoms with E-state index in [1.807, 2.05) is 25.2 Å². The number of benzene rings is 2. The number of hydrogen-bond donors (Lipinski definition) is 1. The number of likely N-dealkylation sites (N-methyl/N-ethyl adjacent to an activating group) is 1. The maximum absolute atomic E-state index is 13.4. The number of amidine groups is 1. The van der Waals surface area contributed by atoms with Gasteiger partial charge in [0.2, 0.25) is 5.84 Å². The van der Waals surface area contributed by atoms with Gasteiger partial charge in [0.25, 0.3) is 5.91 Å². The minimum Gasteiger partial charge on any atom is -0.322 e. The molecule has 2 heterocycles. The first-order valence-corrected chi connectivity index (χ1v) is 10.2. The maximum Gasteiger partial charge on any atom is 0.417 e. The first-order valence-electron chi connectivity index (χ1n) is 9.13. The number of nitrogens with zero attached hydrogens (tertiary/aromatic N) is 3. The van der Waals surface area contributed by atoms with Crippen LogP contribution in [0.5, 0.6) is 0 Å². The number of carbonyl (C=O) groups is 1. The monoisotopic (exact) mass is 530 g/mol. The van der Waals surface area contributed by atoms with E-state index in [1.54, 1.807) is 22.6 Å². The van der Waals surface area contributed by atoms with Crippen LogP contribution in [-0.4, -0.2) is 42.5 Å². The van der Waals surface area contributed by atoms with Crippen LogP contribution >= 0.6 is 22.6 Å². The third-order valence-corrected chi connectivity index (χ3v) is 6.00. The van der Waals surface area contributed by atoms with E-state index in [1.165, 1.54) is 13.2 Å². The van der Waals surface area contributed by atoms with Crippen molar-refractivity contribution < 1.29 is 22.8 Å². The first-order chi connectivity index (χ1) is 14.2. The number of anilines is 1. The number of hydroxylamine groups is 1. The van der Waals surface area contributed by atoms with Gasteiger partial charge in [-0.1, -0.05) is 12.1 Å². The van der Waals surface area contributed by atoms with E-state index in [-0.39, 0.29) is 20.5 Å². The van der Waals surface area contributed by atoms with Crippen molar-refractivity contribution in [3.63, 3.8) is 0 Å². The normalized spacial score (nSPS) is 16.2. The molecule has 0 radical (unpaired) electrons. The minimum absolute atomic E-state index is 0.0593. The number of alkyl halides is 3. The highest BCUT2D eigenvalue weighted by molar-refractivity contribution is 14.1. The Hall–Kier alpha value is -2.18. The molecule has 0 fully saturated rings. The molecule has 0 spiro atoms. The highest BCUT2D eigenvalue weighted by Crippen LogP contribution is 2.36. The van der Waals surface area contributed by atoms with Gasteiger partial charge in [-0.3, -0.25) is 9.63 Å². The van der Waals surface area contributed by atoms with E-state index in [2.05, 4.69) is 15.3 Å². The molecule has 0 aromatic heterocycles. The zero-order chi connectivity index (χ0) is 21.6. The van der Waals surface area contributed by atoms with Crippen LogP contribution in [0.3, 0.4) is 0 Å². The SMILES string of the molecule is CON1N=C1c1cc(C(F)(F)F)c(I)cc1C(=O)Nc1cccc2c1CCN(C)C2. The molecule has 2 aromatic carbocycles. The topological polar surface area (TPSA) is 56.9 Å². The fraction of sp³-hybridized carbons (Fsp3) is 0.300. The molecule has 30 heavy (non-hydrogen) atoms. The van der Waals surface area contributed by atoms with E-state index >= 15 is 0 Å². The highest BCUT2D eigenvalue weighted by atomic mass is 127. The van der Waals surface area contributed by atoms with Crippen molar-refractivity contribution in [1.82, 2.24) is 10.1 Å². The van der Waals surface area contributed by atoms with Gasteiger partial charge >= 0.3 is 6.18 Å². The third-order valence-electron chi connectivity index (χ3n) is 5.10. The number of amides is 1. The molecule has 10 heteroatoms. The molecule has 1 amide bonds. The lowest BCUT2D eigenvalue weighted by Gasteiger charge is -2.27. The molecular formula is C20H18F3IN4O2. The summed E-state index contributed by atoms with van der Waals surface area (Å²) < 4.78 is 40.1. The van der Waals surface area contributed by atoms with Crippen LogP contribution in [0.25, 0.3) is 0 Å². The summed E-state index contributed by atoms with van der Waals surface area (Å²) in [4.78, 5) is 20.2. The number of rotatable bonds is 4. The summed E-state index contributed by atoms with van der Waals surface area (Å²) in [5.41, 5.74) is 2.21. The Morgan fingerprint density at radius 2 is 2.07 bits per heavy atom. The maximum atomic E-state index is 13.4. The average Bonchev–Trinajstić information content (AvgIpc) is 3.46. The molecule has 2 aromatic rings. The standard InChI is InChI=1S/C20H18F3IN4O2/c1-27-7-6-12-11(10-27)4-3-5-17(12)25-19(29)14-9-16(24)15(20(21,22)23)8-13(14)18-26-28(18)30-2/h3-5,8-9H,6-7,10H2,1-2H3,(H,25,29). The molecule has 158 valence electrons. The van der Waals surface area contributed by atoms with E-state index in [9.17, 15) is 18.0 Å². The van der Waals surface area contributed by atoms with E-state index in [0.29, 0.717) is 5.69 Å². The van der Waals surface area contributed by atoms with Crippen molar-refractivity contribution in [2.45, 2.75) is 19.1 Å². The van der Waals surface area contributed by atoms with Gasteiger partial charge in [0, 0.05) is 27.9 Å². The molecule has 0 aliphatic carbocycles. The molecule has 6 nitrogen and oxygen atoms in total. The quantitative estimate of drug-likeness (QED) is 0.606. The lowest BCUT2D eigenvalue weighted by molar-refractivity contribution is -0.138. The highest BCUT2D eigenvalue weighted by Gasteiger charge is 2.38. The number of carbonyl (C=O) groups excluding carboxylic acids is 1. The summed E-state index contributed by atoms with van der Waals surface area (Å²) in [6.45, 7) is 1.64. The van der Waals surface area contributed by atoms with Crippen LogP contribution in [-0.2, 0) is 24.0 Å². The van der Waals surface area contributed by atoms with Crippen molar-refractivity contribution in [1.29, 1.82) is 0 Å². The molecule has 0 unspecified atom stereocenters. The van der Waals surface area contributed by atoms with Gasteiger partial charge in [-0.2, -0.15) is 13.2 Å². The summed E-state index contributed by atoms with van der Waals surface area (Å²) in [7, 11) is 3.38. The third kappa shape index (κ3) is 4.03. The van der Waals surface area contributed by atoms with Gasteiger partial charge < -0.3 is 10.2 Å². The van der Waals surface area contributed by atoms with Crippen LogP contribution in [0.2, 0.25) is 0 Å². The van der Waals surface area contributed by atoms with Crippen LogP contribution in [0.4, 0.5) is 18.9 Å². The van der Waals surface area contributed by atoms with Crippen molar-refractivity contribution in [3.05, 3.63) is 61.7 Å². The largest absolute Gasteiger partial charge is 0.417 e. The van der Waals surface area contributed by atoms with E-state index < -0.39 is 17.6 Å². The lowest BCUT2D eigenvalue weighted by Crippen LogP contribution is -2.28. The van der Waals surface area contributed by atoms with E-state index in [0.717, 1.165) is 41.9 Å². The summed E-state index contributed by atoms with van der Waals surface area (Å²) in [6, 6.07) is 7.88. The second kappa shape index (κ2) is 7.82. The van der Waals surface area contributed by atoms with Gasteiger partial charge in [-0.15, -0.1) is 10.3 Å². The number of hydrazone groups is 1. The Labute approximate surface area is 184 Å². The van der Waals surface area contributed by atoms with Gasteiger partial charge in [0.15, 0.2) is 0 Å². The van der Waals surface area contributed by atoms with Crippen molar-refractivity contribution in [3.8, 4) is 0 Å². The molecule has 0 atom stereocenters. The number of hydrogen-bond acceptors (Lipinski definition) is 5. The summed E-state index contributed by atoms with van der Waals surface area (Å²) in [5, 5.41) is 7.87. The Morgan fingerprint density at radius 3 is 2.73 bits per heavy atom. The molecule has 0 saturated carbocycles. The second-order valence-electron chi connectivity index (χ2n) is 7.14. The second-order valence-corrected chi connectivity index (χ2v) is 8.30. The fourth-order valence-electron chi connectivity index (χ4n) is 3.57. The Morgan fingerprint density at radius 1 is 1.30 bits per heavy atom. The van der Waals surface area contributed by atoms with Crippen LogP contribution < -0.4 is 5.32 Å². The number of nitrogens with one attached hydrogen (secondary N) is 1. The first kappa shape index (κ1) is 21.1. The summed E-state index contributed by atoms with van der Waals surface area (Å²) >= 11 is 1.60. The predicted octanol–water partition coefficient (Wildman–Crippen LogP) is 4.09. The Bertz CT molecular complexity index is 1060. The van der Waals surface area contributed by atoms with Gasteiger partial charge in [-0.05, 0) is 65.4 Å². The average molecular weight is 530 g/mol. The molecular weight excluding hydrogens is 512 g/mol. The smallest absolute Gasteiger partial charge is 0.322 e. The molecule has 0 saturated heterocycles. The molecule has 4 rings (SSSR count). The van der Waals surface area contributed by atoms with Crippen LogP contribution in [0, 0.1) is 3.57 Å². The molecule has 1 N–H and O–H groups in total. The Balaban J connectivity index is 1.70. The van der Waals surface area contributed by atoms with E-state index in [4.69, 9.17) is 4.84 Å². The predicted molar refractivity (Wildman–Crippen MR) is 114 cm³/mol. The lowest BCUT2D eigenvalue weighted by atomic mass is 9.97. The van der Waals surface area contributed by atoms with Crippen LogP contribution in [0.1, 0.15) is 32.6 Å². The molecule has 2 aliphatic heterocycles. The van der Waals surface area contributed by atoms with Gasteiger partial charge in [0.05, 0.1) is 18.2 Å².